The zero-order valence-corrected chi connectivity index (χ0v) is 23.1. The molecule has 3 heterocycles. The van der Waals surface area contributed by atoms with Crippen LogP contribution in [0.5, 0.6) is 0 Å². The van der Waals surface area contributed by atoms with E-state index in [4.69, 9.17) is 4.98 Å². The van der Waals surface area contributed by atoms with Crippen molar-refractivity contribution in [3.8, 4) is 11.3 Å². The van der Waals surface area contributed by atoms with Crippen LogP contribution in [0.15, 0.2) is 61.1 Å². The second-order valence-electron chi connectivity index (χ2n) is 11.0. The van der Waals surface area contributed by atoms with Crippen LogP contribution in [-0.4, -0.2) is 64.3 Å². The fraction of sp³-hybridized carbons (Fsp3) is 0.375. The Morgan fingerprint density at radius 1 is 1.13 bits per heavy atom. The number of aryl methyl sites for hydroxylation is 1. The number of piperidine rings is 1. The average molecular weight is 523 g/mol. The number of anilines is 2. The van der Waals surface area contributed by atoms with Gasteiger partial charge in [0, 0.05) is 50.8 Å². The van der Waals surface area contributed by atoms with Gasteiger partial charge in [-0.3, -0.25) is 14.3 Å². The lowest BCUT2D eigenvalue weighted by Crippen LogP contribution is -2.45. The Kier molecular flexibility index (Phi) is 7.11. The van der Waals surface area contributed by atoms with Crippen LogP contribution < -0.4 is 20.7 Å². The summed E-state index contributed by atoms with van der Waals surface area (Å²) in [4.78, 5) is 13.5. The van der Waals surface area contributed by atoms with Gasteiger partial charge >= 0.3 is 0 Å². The molecule has 0 bridgehead atoms. The van der Waals surface area contributed by atoms with Gasteiger partial charge in [-0.05, 0) is 66.7 Å². The Morgan fingerprint density at radius 3 is 2.74 bits per heavy atom. The maximum Gasteiger partial charge on any atom is 0.157 e. The molecule has 2 N–H and O–H groups in total. The molecule has 1 aliphatic carbocycles. The van der Waals surface area contributed by atoms with E-state index < -0.39 is 6.23 Å². The van der Waals surface area contributed by atoms with Crippen LogP contribution in [-0.2, 0) is 0 Å². The summed E-state index contributed by atoms with van der Waals surface area (Å²) >= 11 is 0. The number of hydrogen-bond donors (Lipinski definition) is 2. The van der Waals surface area contributed by atoms with Crippen LogP contribution in [0.1, 0.15) is 31.2 Å². The number of rotatable bonds is 7. The summed E-state index contributed by atoms with van der Waals surface area (Å²) in [7, 11) is 4.11. The van der Waals surface area contributed by atoms with Crippen molar-refractivity contribution < 1.29 is 5.11 Å². The van der Waals surface area contributed by atoms with E-state index in [0.29, 0.717) is 12.5 Å². The molecule has 2 aliphatic rings. The molecule has 2 aromatic heterocycles. The van der Waals surface area contributed by atoms with Crippen LogP contribution in [0.25, 0.3) is 28.6 Å². The van der Waals surface area contributed by atoms with Gasteiger partial charge in [-0.25, -0.2) is 4.98 Å². The van der Waals surface area contributed by atoms with Gasteiger partial charge < -0.3 is 15.3 Å². The van der Waals surface area contributed by atoms with Crippen molar-refractivity contribution in [2.24, 2.45) is 5.92 Å². The Balaban J connectivity index is 1.17. The van der Waals surface area contributed by atoms with Gasteiger partial charge in [-0.1, -0.05) is 42.0 Å². The molecule has 7 nitrogen and oxygen atoms in total. The van der Waals surface area contributed by atoms with E-state index in [1.54, 1.807) is 18.0 Å². The van der Waals surface area contributed by atoms with Gasteiger partial charge in [-0.15, -0.1) is 0 Å². The van der Waals surface area contributed by atoms with Gasteiger partial charge in [0.1, 0.15) is 17.7 Å². The highest BCUT2D eigenvalue weighted by atomic mass is 16.3. The van der Waals surface area contributed by atoms with E-state index in [1.165, 1.54) is 21.7 Å². The van der Waals surface area contributed by atoms with Gasteiger partial charge in [0.2, 0.25) is 0 Å². The molecule has 6 rings (SSSR count). The summed E-state index contributed by atoms with van der Waals surface area (Å²) in [5.74, 6) is 1.48. The topological polar surface area (TPSA) is 68.9 Å². The number of aliphatic hydroxyl groups is 1. The second kappa shape index (κ2) is 10.8. The SMILES string of the molecule is Cc1cc(-c2nc3cnccn3c2NCC(O)N2CCC(C3=c4ccccc4=CCC3)CC2)ccc1N(C)C. The number of fused-ring (bicyclic) bond motifs is 2. The van der Waals surface area contributed by atoms with Crippen molar-refractivity contribution in [2.45, 2.75) is 38.8 Å². The largest absolute Gasteiger partial charge is 0.377 e. The molecular weight excluding hydrogens is 484 g/mol. The smallest absolute Gasteiger partial charge is 0.157 e. The van der Waals surface area contributed by atoms with E-state index in [0.717, 1.165) is 61.5 Å². The third-order valence-electron chi connectivity index (χ3n) is 8.36. The first-order valence-electron chi connectivity index (χ1n) is 14.0. The summed E-state index contributed by atoms with van der Waals surface area (Å²) < 4.78 is 2.02. The Labute approximate surface area is 230 Å². The highest BCUT2D eigenvalue weighted by molar-refractivity contribution is 5.78. The van der Waals surface area contributed by atoms with Gasteiger partial charge in [0.05, 0.1) is 12.7 Å². The summed E-state index contributed by atoms with van der Waals surface area (Å²) in [5, 5.41) is 17.6. The summed E-state index contributed by atoms with van der Waals surface area (Å²) in [6, 6.07) is 15.2. The lowest BCUT2D eigenvalue weighted by Gasteiger charge is -2.36. The first-order valence-corrected chi connectivity index (χ1v) is 14.0. The molecule has 1 unspecified atom stereocenters. The van der Waals surface area contributed by atoms with Crippen molar-refractivity contribution >= 4 is 28.8 Å². The zero-order valence-electron chi connectivity index (χ0n) is 23.1. The molecule has 1 fully saturated rings. The zero-order chi connectivity index (χ0) is 26.9. The van der Waals surface area contributed by atoms with Crippen molar-refractivity contribution in [2.75, 3.05) is 43.9 Å². The quantitative estimate of drug-likeness (QED) is 0.386. The molecule has 7 heteroatoms. The number of imidazole rings is 1. The van der Waals surface area contributed by atoms with Crippen LogP contribution in [0.4, 0.5) is 11.5 Å². The summed E-state index contributed by atoms with van der Waals surface area (Å²) in [6.45, 7) is 4.35. The maximum absolute atomic E-state index is 11.2. The molecule has 1 aliphatic heterocycles. The van der Waals surface area contributed by atoms with Crippen LogP contribution >= 0.6 is 0 Å². The van der Waals surface area contributed by atoms with Crippen LogP contribution in [0.2, 0.25) is 0 Å². The molecule has 0 saturated carbocycles. The molecule has 202 valence electrons. The van der Waals surface area contributed by atoms with Crippen molar-refractivity contribution in [1.82, 2.24) is 19.3 Å². The minimum atomic E-state index is -0.569. The number of nitrogens with zero attached hydrogens (tertiary/aromatic N) is 5. The Morgan fingerprint density at radius 2 is 1.95 bits per heavy atom. The van der Waals surface area contributed by atoms with E-state index >= 15 is 0 Å². The Hall–Kier alpha value is -3.68. The normalized spacial score (nSPS) is 17.1. The second-order valence-corrected chi connectivity index (χ2v) is 11.0. The third-order valence-corrected chi connectivity index (χ3v) is 8.36. The fourth-order valence-corrected chi connectivity index (χ4v) is 6.35. The van der Waals surface area contributed by atoms with Crippen LogP contribution in [0.3, 0.4) is 0 Å². The van der Waals surface area contributed by atoms with E-state index in [1.807, 2.05) is 10.6 Å². The van der Waals surface area contributed by atoms with Gasteiger partial charge in [0.15, 0.2) is 5.65 Å². The molecule has 4 aromatic rings. The predicted molar refractivity (Wildman–Crippen MR) is 159 cm³/mol. The lowest BCUT2D eigenvalue weighted by atomic mass is 9.83. The summed E-state index contributed by atoms with van der Waals surface area (Å²) in [6.07, 6.45) is 11.7. The Bertz CT molecular complexity index is 1600. The first kappa shape index (κ1) is 25.6. The molecule has 0 radical (unpaired) electrons. The van der Waals surface area contributed by atoms with E-state index in [-0.39, 0.29) is 0 Å². The van der Waals surface area contributed by atoms with E-state index in [2.05, 4.69) is 89.7 Å². The number of benzene rings is 2. The number of hydrogen-bond acceptors (Lipinski definition) is 6. The number of likely N-dealkylation sites (tertiary alicyclic amines) is 1. The van der Waals surface area contributed by atoms with Gasteiger partial charge in [-0.2, -0.15) is 0 Å². The third kappa shape index (κ3) is 5.04. The van der Waals surface area contributed by atoms with Crippen molar-refractivity contribution in [3.05, 3.63) is 77.1 Å². The predicted octanol–water partition coefficient (Wildman–Crippen LogP) is 3.64. The van der Waals surface area contributed by atoms with Gasteiger partial charge in [0.25, 0.3) is 0 Å². The highest BCUT2D eigenvalue weighted by Gasteiger charge is 2.27. The standard InChI is InChI=1S/C32H38N6O/c1-22-19-25(11-12-28(22)36(2)3)31-32(38-18-15-33-20-29(38)35-31)34-21-30(39)37-16-13-24(14-17-37)27-10-6-8-23-7-4-5-9-26(23)27/h4-5,7-9,11-12,15,18-20,24,30,34,39H,6,10,13-14,16-17,21H2,1-3H3. The molecule has 0 spiro atoms. The first-order chi connectivity index (χ1) is 19.0. The average Bonchev–Trinajstić information content (AvgIpc) is 3.34. The van der Waals surface area contributed by atoms with Crippen LogP contribution in [0, 0.1) is 12.8 Å². The minimum absolute atomic E-state index is 0.427. The molecule has 1 saturated heterocycles. The number of aromatic nitrogens is 3. The highest BCUT2D eigenvalue weighted by Crippen LogP contribution is 2.32. The number of nitrogens with one attached hydrogen (secondary N) is 1. The molecule has 0 amide bonds. The monoisotopic (exact) mass is 522 g/mol. The minimum Gasteiger partial charge on any atom is -0.377 e. The van der Waals surface area contributed by atoms with Crippen molar-refractivity contribution in [1.29, 1.82) is 0 Å². The fourth-order valence-electron chi connectivity index (χ4n) is 6.35. The van der Waals surface area contributed by atoms with Crippen molar-refractivity contribution in [3.63, 3.8) is 0 Å². The summed E-state index contributed by atoms with van der Waals surface area (Å²) in [5.41, 5.74) is 6.68. The molecule has 1 atom stereocenters. The van der Waals surface area contributed by atoms with E-state index in [9.17, 15) is 5.11 Å². The molecular formula is C32H38N6O. The lowest BCUT2D eigenvalue weighted by molar-refractivity contribution is -0.00300. The molecule has 39 heavy (non-hydrogen) atoms. The molecule has 2 aromatic carbocycles. The maximum atomic E-state index is 11.2. The number of aliphatic hydroxyl groups excluding tert-OH is 1.